The zero-order valence-corrected chi connectivity index (χ0v) is 11.9. The molecule has 4 nitrogen and oxygen atoms in total. The van der Waals surface area contributed by atoms with Crippen LogP contribution in [0.5, 0.6) is 0 Å². The lowest BCUT2D eigenvalue weighted by Gasteiger charge is -2.06. The van der Waals surface area contributed by atoms with E-state index in [4.69, 9.17) is 16.7 Å². The van der Waals surface area contributed by atoms with E-state index in [1.165, 1.54) is 0 Å². The number of carboxylic acid groups (broad SMARTS) is 1. The number of amides is 1. The van der Waals surface area contributed by atoms with Gasteiger partial charge in [-0.1, -0.05) is 11.6 Å². The van der Waals surface area contributed by atoms with Crippen LogP contribution in [-0.4, -0.2) is 23.5 Å². The highest BCUT2D eigenvalue weighted by Crippen LogP contribution is 2.20. The summed E-state index contributed by atoms with van der Waals surface area (Å²) in [6, 6.07) is 4.98. The molecule has 1 aromatic rings. The number of hydrogen-bond donors (Lipinski definition) is 2. The standard InChI is InChI=1S/C12H13BrClNO3/c13-10-5-4-8(14)7-9(10)12(18)15-6-2-1-3-11(16)17/h4-5,7H,1-3,6H2,(H,15,18)(H,16,17). The molecule has 98 valence electrons. The summed E-state index contributed by atoms with van der Waals surface area (Å²) in [4.78, 5) is 22.1. The molecule has 1 aromatic carbocycles. The van der Waals surface area contributed by atoms with Crippen molar-refractivity contribution >= 4 is 39.4 Å². The molecule has 0 saturated carbocycles. The molecule has 6 heteroatoms. The fourth-order valence-corrected chi connectivity index (χ4v) is 1.97. The molecule has 0 atom stereocenters. The number of unbranched alkanes of at least 4 members (excludes halogenated alkanes) is 1. The molecule has 0 fully saturated rings. The van der Waals surface area contributed by atoms with Gasteiger partial charge in [0, 0.05) is 22.5 Å². The quantitative estimate of drug-likeness (QED) is 0.786. The Balaban J connectivity index is 2.41. The van der Waals surface area contributed by atoms with E-state index >= 15 is 0 Å². The van der Waals surface area contributed by atoms with Crippen LogP contribution in [0.1, 0.15) is 29.6 Å². The molecule has 0 radical (unpaired) electrons. The van der Waals surface area contributed by atoms with Crippen LogP contribution in [0.3, 0.4) is 0 Å². The second-order valence-corrected chi connectivity index (χ2v) is 5.02. The molecular formula is C12H13BrClNO3. The Kier molecular flexibility index (Phi) is 6.15. The highest BCUT2D eigenvalue weighted by molar-refractivity contribution is 9.10. The van der Waals surface area contributed by atoms with E-state index in [1.807, 2.05) is 0 Å². The van der Waals surface area contributed by atoms with Crippen molar-refractivity contribution in [2.24, 2.45) is 0 Å². The maximum absolute atomic E-state index is 11.8. The Bertz CT molecular complexity index is 451. The molecule has 0 aliphatic carbocycles. The summed E-state index contributed by atoms with van der Waals surface area (Å²) in [5.74, 6) is -1.04. The van der Waals surface area contributed by atoms with Crippen molar-refractivity contribution in [2.45, 2.75) is 19.3 Å². The van der Waals surface area contributed by atoms with Gasteiger partial charge in [0.25, 0.3) is 5.91 Å². The van der Waals surface area contributed by atoms with Gasteiger partial charge in [0.05, 0.1) is 5.56 Å². The van der Waals surface area contributed by atoms with Gasteiger partial charge < -0.3 is 10.4 Å². The number of carbonyl (C=O) groups excluding carboxylic acids is 1. The van der Waals surface area contributed by atoms with Crippen LogP contribution >= 0.6 is 27.5 Å². The molecule has 0 saturated heterocycles. The molecule has 2 N–H and O–H groups in total. The van der Waals surface area contributed by atoms with Crippen LogP contribution in [0, 0.1) is 0 Å². The van der Waals surface area contributed by atoms with Gasteiger partial charge in [0.15, 0.2) is 0 Å². The fourth-order valence-electron chi connectivity index (χ4n) is 1.37. The third-order valence-corrected chi connectivity index (χ3v) is 3.20. The summed E-state index contributed by atoms with van der Waals surface area (Å²) in [6.07, 6.45) is 1.30. The molecule has 0 aliphatic heterocycles. The lowest BCUT2D eigenvalue weighted by Crippen LogP contribution is -2.24. The minimum absolute atomic E-state index is 0.122. The van der Waals surface area contributed by atoms with Gasteiger partial charge in [0.1, 0.15) is 0 Å². The third-order valence-electron chi connectivity index (χ3n) is 2.28. The maximum atomic E-state index is 11.8. The van der Waals surface area contributed by atoms with E-state index in [0.29, 0.717) is 34.4 Å². The number of aliphatic carboxylic acids is 1. The molecule has 0 aliphatic rings. The van der Waals surface area contributed by atoms with Crippen molar-refractivity contribution in [3.05, 3.63) is 33.3 Å². The van der Waals surface area contributed by atoms with Crippen molar-refractivity contribution in [1.82, 2.24) is 5.32 Å². The topological polar surface area (TPSA) is 66.4 Å². The van der Waals surface area contributed by atoms with Gasteiger partial charge in [-0.25, -0.2) is 0 Å². The van der Waals surface area contributed by atoms with E-state index in [2.05, 4.69) is 21.2 Å². The third kappa shape index (κ3) is 5.06. The van der Waals surface area contributed by atoms with Crippen LogP contribution < -0.4 is 5.32 Å². The first-order chi connectivity index (χ1) is 8.50. The summed E-state index contributed by atoms with van der Waals surface area (Å²) in [5, 5.41) is 11.7. The fraction of sp³-hybridized carbons (Fsp3) is 0.333. The smallest absolute Gasteiger partial charge is 0.303 e. The number of rotatable bonds is 6. The minimum atomic E-state index is -0.820. The number of nitrogens with one attached hydrogen (secondary N) is 1. The normalized spacial score (nSPS) is 10.1. The lowest BCUT2D eigenvalue weighted by atomic mass is 10.2. The summed E-state index contributed by atoms with van der Waals surface area (Å²) in [7, 11) is 0. The Morgan fingerprint density at radius 3 is 2.72 bits per heavy atom. The molecule has 18 heavy (non-hydrogen) atoms. The van der Waals surface area contributed by atoms with Crippen molar-refractivity contribution < 1.29 is 14.7 Å². The molecule has 0 bridgehead atoms. The average molecular weight is 335 g/mol. The SMILES string of the molecule is O=C(O)CCCCNC(=O)c1cc(Cl)ccc1Br. The van der Waals surface area contributed by atoms with Gasteiger partial charge in [-0.05, 0) is 47.0 Å². The van der Waals surface area contributed by atoms with Crippen LogP contribution in [0.15, 0.2) is 22.7 Å². The van der Waals surface area contributed by atoms with Crippen molar-refractivity contribution in [3.63, 3.8) is 0 Å². The number of hydrogen-bond acceptors (Lipinski definition) is 2. The van der Waals surface area contributed by atoms with Crippen LogP contribution in [0.25, 0.3) is 0 Å². The van der Waals surface area contributed by atoms with Gasteiger partial charge in [0.2, 0.25) is 0 Å². The minimum Gasteiger partial charge on any atom is -0.481 e. The number of benzene rings is 1. The molecule has 1 amide bonds. The zero-order valence-electron chi connectivity index (χ0n) is 9.58. The van der Waals surface area contributed by atoms with E-state index in [1.54, 1.807) is 18.2 Å². The monoisotopic (exact) mass is 333 g/mol. The molecule has 1 rings (SSSR count). The Morgan fingerprint density at radius 2 is 2.06 bits per heavy atom. The predicted molar refractivity (Wildman–Crippen MR) is 73.0 cm³/mol. The van der Waals surface area contributed by atoms with Gasteiger partial charge in [-0.15, -0.1) is 0 Å². The largest absolute Gasteiger partial charge is 0.481 e. The number of carbonyl (C=O) groups is 2. The van der Waals surface area contributed by atoms with E-state index in [9.17, 15) is 9.59 Å². The van der Waals surface area contributed by atoms with Gasteiger partial charge >= 0.3 is 5.97 Å². The lowest BCUT2D eigenvalue weighted by molar-refractivity contribution is -0.137. The van der Waals surface area contributed by atoms with E-state index in [0.717, 1.165) is 0 Å². The number of halogens is 2. The van der Waals surface area contributed by atoms with E-state index in [-0.39, 0.29) is 12.3 Å². The summed E-state index contributed by atoms with van der Waals surface area (Å²) < 4.78 is 0.676. The highest BCUT2D eigenvalue weighted by Gasteiger charge is 2.09. The van der Waals surface area contributed by atoms with Crippen LogP contribution in [-0.2, 0) is 4.79 Å². The molecule has 0 heterocycles. The van der Waals surface area contributed by atoms with Gasteiger partial charge in [-0.3, -0.25) is 9.59 Å². The van der Waals surface area contributed by atoms with Crippen molar-refractivity contribution in [2.75, 3.05) is 6.54 Å². The molecule has 0 aromatic heterocycles. The van der Waals surface area contributed by atoms with Crippen LogP contribution in [0.2, 0.25) is 5.02 Å². The van der Waals surface area contributed by atoms with Gasteiger partial charge in [-0.2, -0.15) is 0 Å². The molecular weight excluding hydrogens is 321 g/mol. The summed E-state index contributed by atoms with van der Waals surface area (Å²) >= 11 is 9.09. The number of carboxylic acids is 1. The van der Waals surface area contributed by atoms with Crippen LogP contribution in [0.4, 0.5) is 0 Å². The summed E-state index contributed by atoms with van der Waals surface area (Å²) in [6.45, 7) is 0.449. The molecule has 0 spiro atoms. The second-order valence-electron chi connectivity index (χ2n) is 3.73. The summed E-state index contributed by atoms with van der Waals surface area (Å²) in [5.41, 5.74) is 0.473. The predicted octanol–water partition coefficient (Wildman–Crippen LogP) is 3.09. The van der Waals surface area contributed by atoms with Crippen molar-refractivity contribution in [1.29, 1.82) is 0 Å². The average Bonchev–Trinajstić information content (AvgIpc) is 2.31. The Hall–Kier alpha value is -1.07. The van der Waals surface area contributed by atoms with E-state index < -0.39 is 5.97 Å². The first-order valence-electron chi connectivity index (χ1n) is 5.45. The van der Waals surface area contributed by atoms with Crippen molar-refractivity contribution in [3.8, 4) is 0 Å². The maximum Gasteiger partial charge on any atom is 0.303 e. The Labute approximate surface area is 118 Å². The highest BCUT2D eigenvalue weighted by atomic mass is 79.9. The first-order valence-corrected chi connectivity index (χ1v) is 6.63. The zero-order chi connectivity index (χ0) is 13.5. The second kappa shape index (κ2) is 7.38. The Morgan fingerprint density at radius 1 is 1.33 bits per heavy atom. The molecule has 0 unspecified atom stereocenters. The first kappa shape index (κ1) is 15.0.